The first-order valence-corrected chi connectivity index (χ1v) is 9.22. The smallest absolute Gasteiger partial charge is 0.0456 e. The fourth-order valence-corrected chi connectivity index (χ4v) is 4.73. The van der Waals surface area contributed by atoms with E-state index in [1.54, 1.807) is 11.1 Å². The highest BCUT2D eigenvalue weighted by molar-refractivity contribution is 5.80. The van der Waals surface area contributed by atoms with Gasteiger partial charge in [-0.05, 0) is 60.2 Å². The lowest BCUT2D eigenvalue weighted by Crippen LogP contribution is -2.46. The van der Waals surface area contributed by atoms with Crippen molar-refractivity contribution in [2.75, 3.05) is 6.54 Å². The summed E-state index contributed by atoms with van der Waals surface area (Å²) in [6.45, 7) is 2.30. The summed E-state index contributed by atoms with van der Waals surface area (Å²) >= 11 is 0. The van der Waals surface area contributed by atoms with Crippen molar-refractivity contribution in [2.24, 2.45) is 5.92 Å². The summed E-state index contributed by atoms with van der Waals surface area (Å²) in [4.78, 5) is 6.35. The van der Waals surface area contributed by atoms with Crippen molar-refractivity contribution in [1.29, 1.82) is 0 Å². The molecule has 1 N–H and O–H groups in total. The highest BCUT2D eigenvalue weighted by Gasteiger charge is 2.31. The Balaban J connectivity index is 1.43. The van der Waals surface area contributed by atoms with Crippen LogP contribution in [0.1, 0.15) is 29.7 Å². The van der Waals surface area contributed by atoms with Crippen molar-refractivity contribution in [3.8, 4) is 0 Å². The zero-order valence-electron chi connectivity index (χ0n) is 14.0. The Hall–Kier alpha value is -2.06. The molecule has 0 spiro atoms. The van der Waals surface area contributed by atoms with Gasteiger partial charge in [0.1, 0.15) is 0 Å². The number of aromatic nitrogens is 1. The fourth-order valence-electron chi connectivity index (χ4n) is 4.73. The van der Waals surface area contributed by atoms with Crippen molar-refractivity contribution in [3.05, 3.63) is 71.4 Å². The number of nitrogens with one attached hydrogen (secondary N) is 1. The first-order chi connectivity index (χ1) is 11.8. The van der Waals surface area contributed by atoms with E-state index in [9.17, 15) is 0 Å². The van der Waals surface area contributed by atoms with Crippen LogP contribution in [0.4, 0.5) is 0 Å². The molecule has 0 saturated carbocycles. The molecular weight excluding hydrogens is 292 g/mol. The van der Waals surface area contributed by atoms with E-state index >= 15 is 0 Å². The Morgan fingerprint density at radius 3 is 2.58 bits per heavy atom. The van der Waals surface area contributed by atoms with Gasteiger partial charge in [-0.1, -0.05) is 42.5 Å². The van der Waals surface area contributed by atoms with Gasteiger partial charge in [0.2, 0.25) is 0 Å². The molecule has 1 aliphatic carbocycles. The lowest BCUT2D eigenvalue weighted by Gasteiger charge is -2.42. The number of benzene rings is 2. The van der Waals surface area contributed by atoms with E-state index in [2.05, 4.69) is 64.5 Å². The molecule has 2 aromatic carbocycles. The van der Waals surface area contributed by atoms with Crippen LogP contribution in [0.3, 0.4) is 0 Å². The minimum Gasteiger partial charge on any atom is -0.357 e. The predicted octanol–water partition coefficient (Wildman–Crippen LogP) is 4.55. The van der Waals surface area contributed by atoms with Crippen molar-refractivity contribution in [2.45, 2.75) is 38.3 Å². The van der Waals surface area contributed by atoms with E-state index in [1.807, 2.05) is 0 Å². The maximum atomic E-state index is 3.62. The number of para-hydroxylation sites is 1. The molecule has 24 heavy (non-hydrogen) atoms. The number of aromatic amines is 1. The SMILES string of the molecule is c1ccc2c(c1)C[C@@H]1CC[C@H](C2)N(Cc2cc3ccccc3[nH]2)C1. The third-order valence-corrected chi connectivity index (χ3v) is 5.96. The average Bonchev–Trinajstić information content (AvgIpc) is 2.98. The van der Waals surface area contributed by atoms with Gasteiger partial charge in [-0.3, -0.25) is 4.90 Å². The third-order valence-electron chi connectivity index (χ3n) is 5.96. The second-order valence-corrected chi connectivity index (χ2v) is 7.59. The van der Waals surface area contributed by atoms with Gasteiger partial charge in [-0.25, -0.2) is 0 Å². The number of hydrogen-bond acceptors (Lipinski definition) is 1. The van der Waals surface area contributed by atoms with Gasteiger partial charge in [0.15, 0.2) is 0 Å². The molecule has 0 unspecified atom stereocenters. The molecule has 2 nitrogen and oxygen atoms in total. The summed E-state index contributed by atoms with van der Waals surface area (Å²) in [6.07, 6.45) is 5.21. The highest BCUT2D eigenvalue weighted by atomic mass is 15.2. The van der Waals surface area contributed by atoms with Crippen molar-refractivity contribution in [3.63, 3.8) is 0 Å². The molecule has 1 saturated heterocycles. The van der Waals surface area contributed by atoms with E-state index in [1.165, 1.54) is 48.8 Å². The number of nitrogens with zero attached hydrogens (tertiary/aromatic N) is 1. The summed E-state index contributed by atoms with van der Waals surface area (Å²) in [5.74, 6) is 0.812. The van der Waals surface area contributed by atoms with E-state index in [0.717, 1.165) is 12.5 Å². The molecule has 2 bridgehead atoms. The van der Waals surface area contributed by atoms with Gasteiger partial charge < -0.3 is 4.98 Å². The first kappa shape index (κ1) is 14.3. The molecular formula is C22H24N2. The van der Waals surface area contributed by atoms with Gasteiger partial charge in [-0.2, -0.15) is 0 Å². The van der Waals surface area contributed by atoms with E-state index in [4.69, 9.17) is 0 Å². The largest absolute Gasteiger partial charge is 0.357 e. The van der Waals surface area contributed by atoms with Crippen LogP contribution in [-0.4, -0.2) is 22.5 Å². The molecule has 2 heteroatoms. The van der Waals surface area contributed by atoms with Crippen LogP contribution in [0.2, 0.25) is 0 Å². The monoisotopic (exact) mass is 316 g/mol. The Morgan fingerprint density at radius 1 is 0.917 bits per heavy atom. The Kier molecular flexibility index (Phi) is 3.45. The minimum atomic E-state index is 0.689. The van der Waals surface area contributed by atoms with Crippen molar-refractivity contribution >= 4 is 10.9 Å². The first-order valence-electron chi connectivity index (χ1n) is 9.22. The van der Waals surface area contributed by atoms with Crippen LogP contribution in [0.5, 0.6) is 0 Å². The molecule has 2 aliphatic heterocycles. The second-order valence-electron chi connectivity index (χ2n) is 7.59. The van der Waals surface area contributed by atoms with Crippen molar-refractivity contribution in [1.82, 2.24) is 9.88 Å². The lowest BCUT2D eigenvalue weighted by molar-refractivity contribution is 0.0928. The fraction of sp³-hybridized carbons (Fsp3) is 0.364. The summed E-state index contributed by atoms with van der Waals surface area (Å²) in [5, 5.41) is 1.33. The van der Waals surface area contributed by atoms with Crippen LogP contribution in [0.15, 0.2) is 54.6 Å². The normalized spacial score (nSPS) is 23.8. The number of rotatable bonds is 2. The van der Waals surface area contributed by atoms with Gasteiger partial charge in [0.05, 0.1) is 0 Å². The maximum Gasteiger partial charge on any atom is 0.0456 e. The van der Waals surface area contributed by atoms with Gasteiger partial charge >= 0.3 is 0 Å². The molecule has 0 amide bonds. The maximum absolute atomic E-state index is 3.62. The summed E-state index contributed by atoms with van der Waals surface area (Å²) in [7, 11) is 0. The second kappa shape index (κ2) is 5.78. The Bertz CT molecular complexity index is 830. The standard InChI is InChI=1S/C22H24N2/c1-2-6-18-13-21-10-9-16(11-17(18)5-1)14-24(21)15-20-12-19-7-3-4-8-22(19)23-20/h1-8,12,16,21,23H,9-11,13-15H2/t16-,21+/m0/s1. The summed E-state index contributed by atoms with van der Waals surface area (Å²) in [6, 6.07) is 20.7. The molecule has 1 aromatic heterocycles. The lowest BCUT2D eigenvalue weighted by atomic mass is 9.80. The molecule has 6 rings (SSSR count). The number of H-pyrrole nitrogens is 1. The van der Waals surface area contributed by atoms with Crippen LogP contribution in [-0.2, 0) is 19.4 Å². The van der Waals surface area contributed by atoms with E-state index < -0.39 is 0 Å². The molecule has 2 atom stereocenters. The van der Waals surface area contributed by atoms with Crippen LogP contribution in [0.25, 0.3) is 10.9 Å². The molecule has 3 aliphatic rings. The summed E-state index contributed by atoms with van der Waals surface area (Å²) in [5.41, 5.74) is 5.79. The Morgan fingerprint density at radius 2 is 1.71 bits per heavy atom. The van der Waals surface area contributed by atoms with Gasteiger partial charge in [0, 0.05) is 30.3 Å². The molecule has 3 heterocycles. The predicted molar refractivity (Wildman–Crippen MR) is 99.1 cm³/mol. The molecule has 0 radical (unpaired) electrons. The van der Waals surface area contributed by atoms with Gasteiger partial charge in [0.25, 0.3) is 0 Å². The topological polar surface area (TPSA) is 19.0 Å². The zero-order valence-corrected chi connectivity index (χ0v) is 14.0. The zero-order chi connectivity index (χ0) is 15.9. The van der Waals surface area contributed by atoms with Gasteiger partial charge in [-0.15, -0.1) is 0 Å². The Labute approximate surface area is 143 Å². The average molecular weight is 316 g/mol. The highest BCUT2D eigenvalue weighted by Crippen LogP contribution is 2.33. The molecule has 1 fully saturated rings. The molecule has 3 aromatic rings. The number of piperidine rings is 1. The number of hydrogen-bond donors (Lipinski definition) is 1. The third kappa shape index (κ3) is 2.55. The van der Waals surface area contributed by atoms with Crippen LogP contribution >= 0.6 is 0 Å². The minimum absolute atomic E-state index is 0.689. The van der Waals surface area contributed by atoms with E-state index in [0.29, 0.717) is 6.04 Å². The summed E-state index contributed by atoms with van der Waals surface area (Å²) < 4.78 is 0. The quantitative estimate of drug-likeness (QED) is 0.735. The number of fused-ring (bicyclic) bond motifs is 3. The molecule has 122 valence electrons. The van der Waals surface area contributed by atoms with Crippen molar-refractivity contribution < 1.29 is 0 Å². The van der Waals surface area contributed by atoms with Crippen LogP contribution < -0.4 is 0 Å². The van der Waals surface area contributed by atoms with E-state index in [-0.39, 0.29) is 0 Å². The van der Waals surface area contributed by atoms with Crippen LogP contribution in [0, 0.1) is 5.92 Å².